The van der Waals surface area contributed by atoms with Crippen LogP contribution < -0.4 is 22.1 Å². The molecule has 0 bridgehead atoms. The van der Waals surface area contributed by atoms with Crippen molar-refractivity contribution < 1.29 is 18.0 Å². The summed E-state index contributed by atoms with van der Waals surface area (Å²) in [6.45, 7) is 0.294. The van der Waals surface area contributed by atoms with Crippen LogP contribution in [0.2, 0.25) is 0 Å². The number of carbonyl (C=O) groups is 1. The topological polar surface area (TPSA) is 143 Å². The molecule has 12 heteroatoms. The summed E-state index contributed by atoms with van der Waals surface area (Å²) < 4.78 is 38.7. The molecular formula is C18H20F3N7OS. The Balaban J connectivity index is 2.30. The molecule has 8 nitrogen and oxygen atoms in total. The van der Waals surface area contributed by atoms with Crippen LogP contribution in [0.15, 0.2) is 29.3 Å². The predicted octanol–water partition coefficient (Wildman–Crippen LogP) is 2.83. The fraction of sp³-hybridized carbons (Fsp3) is 0.333. The van der Waals surface area contributed by atoms with E-state index in [1.165, 1.54) is 23.9 Å². The lowest BCUT2D eigenvalue weighted by Crippen LogP contribution is -2.36. The van der Waals surface area contributed by atoms with Gasteiger partial charge in [-0.1, -0.05) is 6.07 Å². The third kappa shape index (κ3) is 5.98. The van der Waals surface area contributed by atoms with Gasteiger partial charge in [0.1, 0.15) is 22.7 Å². The lowest BCUT2D eigenvalue weighted by atomic mass is 10.1. The van der Waals surface area contributed by atoms with Crippen LogP contribution in [0.25, 0.3) is 0 Å². The van der Waals surface area contributed by atoms with E-state index in [1.807, 2.05) is 6.07 Å². The minimum atomic E-state index is -4.54. The van der Waals surface area contributed by atoms with E-state index in [2.05, 4.69) is 20.6 Å². The first-order chi connectivity index (χ1) is 14.2. The van der Waals surface area contributed by atoms with Crippen LogP contribution in [0.3, 0.4) is 0 Å². The van der Waals surface area contributed by atoms with E-state index < -0.39 is 23.7 Å². The second-order valence-corrected chi connectivity index (χ2v) is 6.92. The summed E-state index contributed by atoms with van der Waals surface area (Å²) in [6, 6.07) is 5.35. The van der Waals surface area contributed by atoms with Gasteiger partial charge in [-0.15, -0.1) is 11.8 Å². The van der Waals surface area contributed by atoms with Crippen LogP contribution in [0, 0.1) is 11.3 Å². The summed E-state index contributed by atoms with van der Waals surface area (Å²) in [5, 5.41) is 15.1. The lowest BCUT2D eigenvalue weighted by Gasteiger charge is -2.20. The number of nitrogens with zero attached hydrogens (tertiary/aromatic N) is 3. The second kappa shape index (κ2) is 10.1. The third-order valence-electron chi connectivity index (χ3n) is 3.98. The molecule has 0 unspecified atom stereocenters. The molecule has 1 aromatic carbocycles. The molecule has 6 N–H and O–H groups in total. The Morgan fingerprint density at radius 1 is 1.37 bits per heavy atom. The first-order valence-corrected chi connectivity index (χ1v) is 9.98. The van der Waals surface area contributed by atoms with Crippen LogP contribution in [0.5, 0.6) is 0 Å². The van der Waals surface area contributed by atoms with Gasteiger partial charge in [-0.05, 0) is 43.8 Å². The first-order valence-electron chi connectivity index (χ1n) is 8.76. The van der Waals surface area contributed by atoms with Crippen molar-refractivity contribution in [3.8, 4) is 6.07 Å². The van der Waals surface area contributed by atoms with Crippen molar-refractivity contribution in [2.24, 2.45) is 5.73 Å². The van der Waals surface area contributed by atoms with Gasteiger partial charge in [-0.3, -0.25) is 4.79 Å². The predicted molar refractivity (Wildman–Crippen MR) is 109 cm³/mol. The fourth-order valence-corrected chi connectivity index (χ4v) is 3.10. The summed E-state index contributed by atoms with van der Waals surface area (Å²) in [4.78, 5) is 20.7. The average Bonchev–Trinajstić information content (AvgIpc) is 2.70. The van der Waals surface area contributed by atoms with E-state index in [0.717, 1.165) is 12.1 Å². The van der Waals surface area contributed by atoms with E-state index >= 15 is 0 Å². The molecule has 0 aliphatic carbocycles. The van der Waals surface area contributed by atoms with Gasteiger partial charge in [-0.25, -0.2) is 4.98 Å². The molecule has 1 amide bonds. The van der Waals surface area contributed by atoms with Crippen LogP contribution in [0.4, 0.5) is 30.6 Å². The zero-order chi connectivity index (χ0) is 22.3. The van der Waals surface area contributed by atoms with Crippen LogP contribution in [0.1, 0.15) is 24.0 Å². The Morgan fingerprint density at radius 2 is 2.10 bits per heavy atom. The number of carbonyl (C=O) groups excluding carboxylic acids is 1. The Morgan fingerprint density at radius 3 is 2.70 bits per heavy atom. The van der Waals surface area contributed by atoms with Crippen LogP contribution >= 0.6 is 11.8 Å². The molecule has 0 fully saturated rings. The summed E-state index contributed by atoms with van der Waals surface area (Å²) >= 11 is 1.19. The smallest absolute Gasteiger partial charge is 0.368 e. The SMILES string of the molecule is CSc1nc(N)nc(N[C@@H](CCCN)C(=O)Nc2cccc(C(F)(F)F)c2)c1C#N. The number of nitrogens with one attached hydrogen (secondary N) is 2. The van der Waals surface area contributed by atoms with Gasteiger partial charge in [0, 0.05) is 5.69 Å². The molecule has 2 aromatic rings. The largest absolute Gasteiger partial charge is 0.416 e. The number of halogens is 3. The van der Waals surface area contributed by atoms with Crippen LogP contribution in [-0.4, -0.2) is 34.7 Å². The Bertz CT molecular complexity index is 946. The van der Waals surface area contributed by atoms with Gasteiger partial charge in [-0.2, -0.15) is 23.4 Å². The Labute approximate surface area is 175 Å². The Kier molecular flexibility index (Phi) is 7.85. The quantitative estimate of drug-likeness (QED) is 0.363. The zero-order valence-corrected chi connectivity index (χ0v) is 16.8. The number of amides is 1. The molecule has 0 saturated carbocycles. The highest BCUT2D eigenvalue weighted by atomic mass is 32.2. The van der Waals surface area contributed by atoms with E-state index in [4.69, 9.17) is 11.5 Å². The monoisotopic (exact) mass is 439 g/mol. The maximum atomic E-state index is 12.9. The highest BCUT2D eigenvalue weighted by Gasteiger charge is 2.31. The maximum Gasteiger partial charge on any atom is 0.416 e. The summed E-state index contributed by atoms with van der Waals surface area (Å²) in [7, 11) is 0. The van der Waals surface area contributed by atoms with Crippen LogP contribution in [-0.2, 0) is 11.0 Å². The number of nitrogen functional groups attached to an aromatic ring is 1. The minimum absolute atomic E-state index is 0.0121. The van der Waals surface area contributed by atoms with Gasteiger partial charge in [0.05, 0.1) is 5.56 Å². The molecule has 0 radical (unpaired) electrons. The molecule has 0 spiro atoms. The number of hydrogen-bond acceptors (Lipinski definition) is 8. The van der Waals surface area contributed by atoms with Gasteiger partial charge >= 0.3 is 6.18 Å². The van der Waals surface area contributed by atoms with Crippen molar-refractivity contribution in [3.05, 3.63) is 35.4 Å². The molecule has 0 saturated heterocycles. The molecule has 2 rings (SSSR count). The normalized spacial score (nSPS) is 12.1. The standard InChI is InChI=1S/C18H20F3N7OS/c1-30-16-12(9-23)14(27-17(24)28-16)26-13(6-3-7-22)15(29)25-11-5-2-4-10(8-11)18(19,20)21/h2,4-5,8,13H,3,6-7,22H2,1H3,(H,25,29)(H3,24,26,27,28)/t13-/m0/s1. The van der Waals surface area contributed by atoms with Crippen molar-refractivity contribution in [1.29, 1.82) is 5.26 Å². The molecule has 30 heavy (non-hydrogen) atoms. The molecule has 0 aliphatic heterocycles. The Hall–Kier alpha value is -3.04. The van der Waals surface area contributed by atoms with Crippen molar-refractivity contribution in [2.75, 3.05) is 29.2 Å². The summed E-state index contributed by atoms with van der Waals surface area (Å²) in [5.74, 6) is -0.623. The van der Waals surface area contributed by atoms with E-state index in [-0.39, 0.29) is 29.4 Å². The minimum Gasteiger partial charge on any atom is -0.368 e. The highest BCUT2D eigenvalue weighted by molar-refractivity contribution is 7.98. The lowest BCUT2D eigenvalue weighted by molar-refractivity contribution is -0.137. The van der Waals surface area contributed by atoms with Crippen molar-refractivity contribution in [2.45, 2.75) is 30.1 Å². The zero-order valence-electron chi connectivity index (χ0n) is 16.0. The number of rotatable bonds is 8. The number of nitrogens with two attached hydrogens (primary N) is 2. The van der Waals surface area contributed by atoms with Crippen molar-refractivity contribution in [3.63, 3.8) is 0 Å². The number of nitriles is 1. The van der Waals surface area contributed by atoms with Gasteiger partial charge in [0.15, 0.2) is 5.82 Å². The van der Waals surface area contributed by atoms with E-state index in [9.17, 15) is 23.2 Å². The second-order valence-electron chi connectivity index (χ2n) is 6.12. The molecular weight excluding hydrogens is 419 g/mol. The highest BCUT2D eigenvalue weighted by Crippen LogP contribution is 2.31. The molecule has 160 valence electrons. The number of aromatic nitrogens is 2. The van der Waals surface area contributed by atoms with E-state index in [0.29, 0.717) is 18.0 Å². The maximum absolute atomic E-state index is 12.9. The van der Waals surface area contributed by atoms with Crippen molar-refractivity contribution in [1.82, 2.24) is 9.97 Å². The summed E-state index contributed by atoms with van der Waals surface area (Å²) in [5.41, 5.74) is 10.4. The first kappa shape index (κ1) is 23.2. The molecule has 1 heterocycles. The molecule has 1 aromatic heterocycles. The van der Waals surface area contributed by atoms with Crippen molar-refractivity contribution >= 4 is 35.1 Å². The summed E-state index contributed by atoms with van der Waals surface area (Å²) in [6.07, 6.45) is -2.12. The average molecular weight is 439 g/mol. The number of thioether (sulfide) groups is 1. The third-order valence-corrected chi connectivity index (χ3v) is 4.66. The molecule has 1 atom stereocenters. The fourth-order valence-electron chi connectivity index (χ4n) is 2.57. The van der Waals surface area contributed by atoms with E-state index in [1.54, 1.807) is 6.26 Å². The number of hydrogen-bond donors (Lipinski definition) is 4. The number of anilines is 3. The van der Waals surface area contributed by atoms with Gasteiger partial charge in [0.25, 0.3) is 0 Å². The number of benzene rings is 1. The molecule has 0 aliphatic rings. The number of alkyl halides is 3. The van der Waals surface area contributed by atoms with Gasteiger partial charge in [0.2, 0.25) is 11.9 Å². The van der Waals surface area contributed by atoms with Gasteiger partial charge < -0.3 is 22.1 Å².